The van der Waals surface area contributed by atoms with E-state index >= 15 is 0 Å². The fourth-order valence-corrected chi connectivity index (χ4v) is 2.96. The molecule has 1 unspecified atom stereocenters. The number of rotatable bonds is 1. The number of H-pyrrole nitrogens is 1. The number of nitrogens with one attached hydrogen (secondary N) is 1. The van der Waals surface area contributed by atoms with Crippen molar-refractivity contribution >= 4 is 11.8 Å². The monoisotopic (exact) mass is 265 g/mol. The van der Waals surface area contributed by atoms with Crippen LogP contribution < -0.4 is 21.9 Å². The molecule has 2 aliphatic heterocycles. The first-order chi connectivity index (χ1) is 9.09. The number of nitrogens with two attached hydrogens (primary N) is 2. The SMILES string of the molecule is Nc1cc(=O)[nH]c(N2CCC3(CC2)COCC3N)n1. The van der Waals surface area contributed by atoms with Crippen LogP contribution in [0.5, 0.6) is 0 Å². The number of hydrogen-bond acceptors (Lipinski definition) is 6. The van der Waals surface area contributed by atoms with Gasteiger partial charge in [0, 0.05) is 30.6 Å². The van der Waals surface area contributed by atoms with Gasteiger partial charge in [0.2, 0.25) is 5.95 Å². The first-order valence-electron chi connectivity index (χ1n) is 6.54. The van der Waals surface area contributed by atoms with Crippen molar-refractivity contribution in [1.82, 2.24) is 9.97 Å². The van der Waals surface area contributed by atoms with Crippen LogP contribution in [-0.4, -0.2) is 42.3 Å². The van der Waals surface area contributed by atoms with Crippen molar-refractivity contribution in [1.29, 1.82) is 0 Å². The maximum Gasteiger partial charge on any atom is 0.254 e. The largest absolute Gasteiger partial charge is 0.383 e. The lowest BCUT2D eigenvalue weighted by Crippen LogP contribution is -2.49. The van der Waals surface area contributed by atoms with Gasteiger partial charge in [-0.25, -0.2) is 0 Å². The van der Waals surface area contributed by atoms with Gasteiger partial charge in [-0.15, -0.1) is 0 Å². The molecule has 3 heterocycles. The second-order valence-corrected chi connectivity index (χ2v) is 5.46. The summed E-state index contributed by atoms with van der Waals surface area (Å²) in [6.45, 7) is 3.00. The highest BCUT2D eigenvalue weighted by Crippen LogP contribution is 2.38. The van der Waals surface area contributed by atoms with Crippen LogP contribution in [0.1, 0.15) is 12.8 Å². The number of hydrogen-bond donors (Lipinski definition) is 3. The summed E-state index contributed by atoms with van der Waals surface area (Å²) in [5.41, 5.74) is 11.6. The van der Waals surface area contributed by atoms with Crippen molar-refractivity contribution in [2.45, 2.75) is 18.9 Å². The van der Waals surface area contributed by atoms with Gasteiger partial charge in [0.05, 0.1) is 13.2 Å². The minimum Gasteiger partial charge on any atom is -0.383 e. The van der Waals surface area contributed by atoms with Crippen molar-refractivity contribution in [3.63, 3.8) is 0 Å². The Hall–Kier alpha value is -1.60. The highest BCUT2D eigenvalue weighted by Gasteiger charge is 2.44. The van der Waals surface area contributed by atoms with E-state index in [1.807, 2.05) is 4.90 Å². The summed E-state index contributed by atoms with van der Waals surface area (Å²) in [6.07, 6.45) is 1.90. The van der Waals surface area contributed by atoms with Gasteiger partial charge in [-0.05, 0) is 12.8 Å². The predicted molar refractivity (Wildman–Crippen MR) is 71.9 cm³/mol. The molecule has 2 saturated heterocycles. The molecule has 1 spiro atoms. The summed E-state index contributed by atoms with van der Waals surface area (Å²) in [4.78, 5) is 20.4. The smallest absolute Gasteiger partial charge is 0.254 e. The predicted octanol–water partition coefficient (Wildman–Crippen LogP) is -0.704. The molecule has 1 atom stereocenters. The van der Waals surface area contributed by atoms with Gasteiger partial charge in [0.15, 0.2) is 0 Å². The van der Waals surface area contributed by atoms with Crippen LogP contribution in [0.4, 0.5) is 11.8 Å². The second kappa shape index (κ2) is 4.50. The number of aromatic amines is 1. The molecule has 3 rings (SSSR count). The summed E-state index contributed by atoms with van der Waals surface area (Å²) < 4.78 is 5.49. The zero-order chi connectivity index (χ0) is 13.5. The molecule has 5 N–H and O–H groups in total. The van der Waals surface area contributed by atoms with Gasteiger partial charge < -0.3 is 21.1 Å². The maximum atomic E-state index is 11.4. The summed E-state index contributed by atoms with van der Waals surface area (Å²) >= 11 is 0. The molecule has 1 aromatic heterocycles. The number of nitrogen functional groups attached to an aromatic ring is 1. The van der Waals surface area contributed by atoms with Gasteiger partial charge in [-0.3, -0.25) is 9.78 Å². The third kappa shape index (κ3) is 2.19. The van der Waals surface area contributed by atoms with E-state index in [0.717, 1.165) is 32.5 Å². The van der Waals surface area contributed by atoms with Crippen molar-refractivity contribution in [3.05, 3.63) is 16.4 Å². The maximum absolute atomic E-state index is 11.4. The van der Waals surface area contributed by atoms with Crippen LogP contribution in [-0.2, 0) is 4.74 Å². The van der Waals surface area contributed by atoms with E-state index in [-0.39, 0.29) is 22.8 Å². The Kier molecular flexibility index (Phi) is 2.94. The van der Waals surface area contributed by atoms with E-state index in [0.29, 0.717) is 12.6 Å². The molecule has 7 nitrogen and oxygen atoms in total. The highest BCUT2D eigenvalue weighted by molar-refractivity contribution is 5.38. The molecule has 2 aliphatic rings. The quantitative estimate of drug-likeness (QED) is 0.619. The van der Waals surface area contributed by atoms with Gasteiger partial charge in [-0.1, -0.05) is 0 Å². The minimum atomic E-state index is -0.219. The van der Waals surface area contributed by atoms with E-state index in [1.54, 1.807) is 0 Å². The van der Waals surface area contributed by atoms with E-state index in [2.05, 4.69) is 9.97 Å². The Labute approximate surface area is 110 Å². The molecule has 104 valence electrons. The minimum absolute atomic E-state index is 0.0944. The first kappa shape index (κ1) is 12.4. The number of anilines is 2. The summed E-state index contributed by atoms with van der Waals surface area (Å²) in [6, 6.07) is 1.40. The van der Waals surface area contributed by atoms with Crippen LogP contribution >= 0.6 is 0 Å². The topological polar surface area (TPSA) is 110 Å². The lowest BCUT2D eigenvalue weighted by atomic mass is 9.75. The van der Waals surface area contributed by atoms with E-state index in [1.165, 1.54) is 6.07 Å². The van der Waals surface area contributed by atoms with Crippen molar-refractivity contribution < 1.29 is 4.74 Å². The molecular weight excluding hydrogens is 246 g/mol. The lowest BCUT2D eigenvalue weighted by molar-refractivity contribution is 0.131. The summed E-state index contributed by atoms with van der Waals surface area (Å²) in [7, 11) is 0. The number of aromatic nitrogens is 2. The van der Waals surface area contributed by atoms with Crippen LogP contribution in [0.2, 0.25) is 0 Å². The fraction of sp³-hybridized carbons (Fsp3) is 0.667. The molecular formula is C12H19N5O2. The number of piperidine rings is 1. The van der Waals surface area contributed by atoms with Crippen molar-refractivity contribution in [2.24, 2.45) is 11.1 Å². The zero-order valence-corrected chi connectivity index (χ0v) is 10.8. The molecule has 0 bridgehead atoms. The average Bonchev–Trinajstić information content (AvgIpc) is 2.71. The molecule has 19 heavy (non-hydrogen) atoms. The first-order valence-corrected chi connectivity index (χ1v) is 6.54. The van der Waals surface area contributed by atoms with Gasteiger partial charge in [0.1, 0.15) is 5.82 Å². The molecule has 0 aliphatic carbocycles. The number of ether oxygens (including phenoxy) is 1. The second-order valence-electron chi connectivity index (χ2n) is 5.46. The van der Waals surface area contributed by atoms with E-state index in [4.69, 9.17) is 16.2 Å². The lowest BCUT2D eigenvalue weighted by Gasteiger charge is -2.40. The van der Waals surface area contributed by atoms with Crippen LogP contribution in [0.3, 0.4) is 0 Å². The number of nitrogens with zero attached hydrogens (tertiary/aromatic N) is 2. The van der Waals surface area contributed by atoms with Gasteiger partial charge in [0.25, 0.3) is 5.56 Å². The third-order valence-corrected chi connectivity index (χ3v) is 4.28. The molecule has 0 saturated carbocycles. The van der Waals surface area contributed by atoms with Gasteiger partial charge in [-0.2, -0.15) is 4.98 Å². The average molecular weight is 265 g/mol. The van der Waals surface area contributed by atoms with E-state index < -0.39 is 0 Å². The molecule has 1 aromatic rings. The normalized spacial score (nSPS) is 25.9. The fourth-order valence-electron chi connectivity index (χ4n) is 2.96. The van der Waals surface area contributed by atoms with Crippen molar-refractivity contribution in [2.75, 3.05) is 36.9 Å². The Morgan fingerprint density at radius 2 is 2.21 bits per heavy atom. The molecule has 0 aromatic carbocycles. The summed E-state index contributed by atoms with van der Waals surface area (Å²) in [5, 5.41) is 0. The Morgan fingerprint density at radius 1 is 1.47 bits per heavy atom. The zero-order valence-electron chi connectivity index (χ0n) is 10.8. The van der Waals surface area contributed by atoms with Gasteiger partial charge >= 0.3 is 0 Å². The van der Waals surface area contributed by atoms with E-state index in [9.17, 15) is 4.79 Å². The molecule has 7 heteroatoms. The highest BCUT2D eigenvalue weighted by atomic mass is 16.5. The Balaban J connectivity index is 1.75. The standard InChI is InChI=1S/C12H19N5O2/c13-8-6-19-7-12(8)1-3-17(4-2-12)11-15-9(14)5-10(18)16-11/h5,8H,1-4,6-7,13H2,(H3,14,15,16,18). The molecule has 2 fully saturated rings. The van der Waals surface area contributed by atoms with Crippen molar-refractivity contribution in [3.8, 4) is 0 Å². The van der Waals surface area contributed by atoms with Crippen LogP contribution in [0.25, 0.3) is 0 Å². The molecule has 0 amide bonds. The van der Waals surface area contributed by atoms with Crippen LogP contribution in [0.15, 0.2) is 10.9 Å². The third-order valence-electron chi connectivity index (χ3n) is 4.28. The molecule has 0 radical (unpaired) electrons. The Bertz CT molecular complexity index is 521. The summed E-state index contributed by atoms with van der Waals surface area (Å²) in [5.74, 6) is 0.798. The Morgan fingerprint density at radius 3 is 2.79 bits per heavy atom. The van der Waals surface area contributed by atoms with Crippen LogP contribution in [0, 0.1) is 5.41 Å².